The Bertz CT molecular complexity index is 1770. The van der Waals surface area contributed by atoms with Crippen LogP contribution in [0.3, 0.4) is 0 Å². The highest BCUT2D eigenvalue weighted by Gasteiger charge is 2.50. The van der Waals surface area contributed by atoms with E-state index in [9.17, 15) is 20.0 Å². The summed E-state index contributed by atoms with van der Waals surface area (Å²) in [5, 5.41) is 21.4. The van der Waals surface area contributed by atoms with Crippen molar-refractivity contribution in [2.75, 3.05) is 6.61 Å². The second-order valence-corrected chi connectivity index (χ2v) is 19.4. The molecule has 0 aliphatic carbocycles. The highest BCUT2D eigenvalue weighted by atomic mass is 28.4. The smallest absolute Gasteiger partial charge is 0.335 e. The molecule has 0 amide bonds. The molecule has 0 radical (unpaired) electrons. The van der Waals surface area contributed by atoms with E-state index < -0.39 is 49.9 Å². The molecule has 0 spiro atoms. The summed E-state index contributed by atoms with van der Waals surface area (Å²) in [6.07, 6.45) is -4.03. The van der Waals surface area contributed by atoms with Gasteiger partial charge in [0.25, 0.3) is 5.69 Å². The first kappa shape index (κ1) is 39.9. The molecule has 282 valence electrons. The largest absolute Gasteiger partial charge is 0.478 e. The topological polar surface area (TPSA) is 136 Å². The monoisotopic (exact) mass is 743 g/mol. The molecule has 4 aromatic carbocycles. The van der Waals surface area contributed by atoms with Gasteiger partial charge < -0.3 is 33.2 Å². The van der Waals surface area contributed by atoms with Crippen molar-refractivity contribution in [3.8, 4) is 0 Å². The Morgan fingerprint density at radius 1 is 0.736 bits per heavy atom. The Hall–Kier alpha value is -4.27. The van der Waals surface area contributed by atoms with Crippen molar-refractivity contribution >= 4 is 20.0 Å². The second kappa shape index (κ2) is 18.2. The SMILES string of the molecule is CC(C)(C)[Si](C)(C)OC[C@H]1O[C@H](OCc2ccc(C(=O)O)cc2[N+](=O)[O-])[C@@H](OCc2ccccc2)[C@@H](OCc2ccccc2)[C@@H]1OCc1ccccc1. The number of carboxylic acids is 1. The minimum absolute atomic E-state index is 0.0798. The van der Waals surface area contributed by atoms with Crippen LogP contribution in [0.5, 0.6) is 0 Å². The van der Waals surface area contributed by atoms with Crippen molar-refractivity contribution < 1.29 is 42.9 Å². The summed E-state index contributed by atoms with van der Waals surface area (Å²) in [5.74, 6) is -1.27. The normalized spacial score (nSPS) is 20.6. The van der Waals surface area contributed by atoms with Gasteiger partial charge in [0.05, 0.1) is 49.1 Å². The highest BCUT2D eigenvalue weighted by Crippen LogP contribution is 2.38. The van der Waals surface area contributed by atoms with Crippen molar-refractivity contribution in [2.24, 2.45) is 0 Å². The van der Waals surface area contributed by atoms with E-state index in [1.165, 1.54) is 12.1 Å². The van der Waals surface area contributed by atoms with Gasteiger partial charge in [-0.05, 0) is 47.0 Å². The van der Waals surface area contributed by atoms with Gasteiger partial charge in [0.1, 0.15) is 24.4 Å². The summed E-state index contributed by atoms with van der Waals surface area (Å²) in [4.78, 5) is 23.0. The standard InChI is InChI=1S/C41H49NO10Si/c1-41(2,3)53(4,5)51-28-35-36(47-24-29-15-9-6-10-16-29)37(48-25-30-17-11-7-12-18-30)38(49-26-31-19-13-8-14-20-31)40(52-35)50-27-33-22-21-32(39(43)44)23-34(33)42(45)46/h6-23,35-38,40H,24-28H2,1-5H3,(H,43,44)/t35-,36-,37+,38+,40+/m1/s1. The molecular weight excluding hydrogens is 695 g/mol. The van der Waals surface area contributed by atoms with E-state index in [1.54, 1.807) is 0 Å². The van der Waals surface area contributed by atoms with Crippen LogP contribution in [0.2, 0.25) is 18.1 Å². The van der Waals surface area contributed by atoms with Crippen LogP contribution in [0.25, 0.3) is 0 Å². The van der Waals surface area contributed by atoms with Gasteiger partial charge in [-0.1, -0.05) is 112 Å². The lowest BCUT2D eigenvalue weighted by Crippen LogP contribution is -2.62. The van der Waals surface area contributed by atoms with E-state index >= 15 is 0 Å². The lowest BCUT2D eigenvalue weighted by Gasteiger charge is -2.47. The second-order valence-electron chi connectivity index (χ2n) is 14.6. The Kier molecular flexibility index (Phi) is 13.7. The molecule has 11 nitrogen and oxygen atoms in total. The summed E-state index contributed by atoms with van der Waals surface area (Å²) in [6.45, 7) is 11.5. The first-order chi connectivity index (χ1) is 25.3. The minimum Gasteiger partial charge on any atom is -0.478 e. The van der Waals surface area contributed by atoms with Crippen LogP contribution in [0.1, 0.15) is 53.4 Å². The minimum atomic E-state index is -2.27. The molecule has 0 saturated carbocycles. The molecule has 1 N–H and O–H groups in total. The molecule has 1 heterocycles. The van der Waals surface area contributed by atoms with Gasteiger partial charge in [0.2, 0.25) is 0 Å². The lowest BCUT2D eigenvalue weighted by atomic mass is 9.97. The van der Waals surface area contributed by atoms with Crippen LogP contribution in [-0.2, 0) is 54.5 Å². The molecule has 0 aromatic heterocycles. The van der Waals surface area contributed by atoms with E-state index in [0.29, 0.717) is 0 Å². The number of hydrogen-bond acceptors (Lipinski definition) is 9. The first-order valence-corrected chi connectivity index (χ1v) is 20.6. The molecule has 5 atom stereocenters. The Morgan fingerprint density at radius 2 is 1.23 bits per heavy atom. The predicted molar refractivity (Wildman–Crippen MR) is 202 cm³/mol. The van der Waals surface area contributed by atoms with E-state index in [2.05, 4.69) is 33.9 Å². The fourth-order valence-electron chi connectivity index (χ4n) is 5.68. The average molecular weight is 744 g/mol. The Labute approximate surface area is 312 Å². The number of nitro groups is 1. The summed E-state index contributed by atoms with van der Waals surface area (Å²) in [7, 11) is -2.27. The van der Waals surface area contributed by atoms with Gasteiger partial charge in [-0.15, -0.1) is 0 Å². The molecule has 12 heteroatoms. The Morgan fingerprint density at radius 3 is 1.70 bits per heavy atom. The van der Waals surface area contributed by atoms with Gasteiger partial charge >= 0.3 is 5.97 Å². The maximum atomic E-state index is 12.0. The third-order valence-electron chi connectivity index (χ3n) is 9.79. The van der Waals surface area contributed by atoms with Gasteiger partial charge in [-0.3, -0.25) is 10.1 Å². The number of carbonyl (C=O) groups is 1. The number of rotatable bonds is 17. The average Bonchev–Trinajstić information content (AvgIpc) is 3.14. The van der Waals surface area contributed by atoms with Gasteiger partial charge in [0, 0.05) is 6.07 Å². The maximum Gasteiger partial charge on any atom is 0.335 e. The van der Waals surface area contributed by atoms with E-state index in [0.717, 1.165) is 22.8 Å². The van der Waals surface area contributed by atoms with Crippen LogP contribution < -0.4 is 0 Å². The fourth-order valence-corrected chi connectivity index (χ4v) is 6.70. The van der Waals surface area contributed by atoms with Crippen molar-refractivity contribution in [1.82, 2.24) is 0 Å². The van der Waals surface area contributed by atoms with Crippen LogP contribution in [0.4, 0.5) is 5.69 Å². The van der Waals surface area contributed by atoms with E-state index in [4.69, 9.17) is 28.1 Å². The van der Waals surface area contributed by atoms with Crippen molar-refractivity contribution in [1.29, 1.82) is 0 Å². The van der Waals surface area contributed by atoms with E-state index in [1.807, 2.05) is 91.0 Å². The Balaban J connectivity index is 1.53. The third kappa shape index (κ3) is 10.9. The molecule has 1 aliphatic rings. The number of aromatic carboxylic acids is 1. The number of nitro benzene ring substituents is 1. The summed E-state index contributed by atoms with van der Waals surface area (Å²) in [6, 6.07) is 33.0. The van der Waals surface area contributed by atoms with Crippen LogP contribution in [0.15, 0.2) is 109 Å². The summed E-state index contributed by atoms with van der Waals surface area (Å²) < 4.78 is 40.0. The summed E-state index contributed by atoms with van der Waals surface area (Å²) in [5.41, 5.74) is 2.44. The molecule has 4 aromatic rings. The molecule has 0 unspecified atom stereocenters. The first-order valence-electron chi connectivity index (χ1n) is 17.7. The molecule has 0 bridgehead atoms. The van der Waals surface area contributed by atoms with Crippen molar-refractivity contribution in [2.45, 2.75) is 96.0 Å². The van der Waals surface area contributed by atoms with E-state index in [-0.39, 0.29) is 54.9 Å². The van der Waals surface area contributed by atoms with Gasteiger partial charge in [-0.2, -0.15) is 0 Å². The fraction of sp³-hybridized carbons (Fsp3) is 0.390. The molecule has 1 saturated heterocycles. The molecule has 1 aliphatic heterocycles. The zero-order valence-corrected chi connectivity index (χ0v) is 31.9. The zero-order chi connectivity index (χ0) is 38.0. The number of carboxylic acid groups (broad SMARTS) is 1. The van der Waals surface area contributed by atoms with Gasteiger partial charge in [0.15, 0.2) is 14.6 Å². The van der Waals surface area contributed by atoms with Crippen LogP contribution in [-0.4, -0.2) is 61.6 Å². The maximum absolute atomic E-state index is 12.0. The van der Waals surface area contributed by atoms with Gasteiger partial charge in [-0.25, -0.2) is 4.79 Å². The molecule has 5 rings (SSSR count). The number of hydrogen-bond donors (Lipinski definition) is 1. The quantitative estimate of drug-likeness (QED) is 0.0639. The number of nitrogens with zero attached hydrogens (tertiary/aromatic N) is 1. The molecule has 1 fully saturated rings. The van der Waals surface area contributed by atoms with Crippen molar-refractivity contribution in [3.63, 3.8) is 0 Å². The number of ether oxygens (including phenoxy) is 5. The number of benzene rings is 4. The van der Waals surface area contributed by atoms with Crippen LogP contribution in [0, 0.1) is 10.1 Å². The van der Waals surface area contributed by atoms with Crippen molar-refractivity contribution in [3.05, 3.63) is 147 Å². The zero-order valence-electron chi connectivity index (χ0n) is 30.9. The third-order valence-corrected chi connectivity index (χ3v) is 14.3. The van der Waals surface area contributed by atoms with Crippen LogP contribution >= 0.6 is 0 Å². The molecular formula is C41H49NO10Si. The predicted octanol–water partition coefficient (Wildman–Crippen LogP) is 8.31. The highest BCUT2D eigenvalue weighted by molar-refractivity contribution is 6.74. The summed E-state index contributed by atoms with van der Waals surface area (Å²) >= 11 is 0. The lowest BCUT2D eigenvalue weighted by molar-refractivity contribution is -0.386. The molecule has 53 heavy (non-hydrogen) atoms.